The zero-order chi connectivity index (χ0) is 11.5. The van der Waals surface area contributed by atoms with E-state index in [1.165, 1.54) is 12.8 Å². The molecular weight excluding hydrogens is 204 g/mol. The summed E-state index contributed by atoms with van der Waals surface area (Å²) in [5, 5.41) is 12.1. The number of carboxylic acids is 1. The van der Waals surface area contributed by atoms with Gasteiger partial charge in [0.1, 0.15) is 11.4 Å². The number of carboxylic acid groups (broad SMARTS) is 1. The molecule has 0 spiro atoms. The molecule has 2 rings (SSSR count). The molecule has 0 aliphatic heterocycles. The summed E-state index contributed by atoms with van der Waals surface area (Å²) in [4.78, 5) is 15.3. The number of aromatic nitrogens is 1. The Morgan fingerprint density at radius 1 is 1.50 bits per heavy atom. The van der Waals surface area contributed by atoms with E-state index in [1.807, 2.05) is 6.07 Å². The van der Waals surface area contributed by atoms with E-state index in [1.54, 1.807) is 13.2 Å². The molecule has 1 aliphatic carbocycles. The highest BCUT2D eigenvalue weighted by Gasteiger charge is 2.24. The molecule has 0 radical (unpaired) electrons. The molecule has 1 aromatic rings. The average Bonchev–Trinajstić information content (AvgIpc) is 2.81. The number of hydrogen-bond donors (Lipinski definition) is 2. The summed E-state index contributed by atoms with van der Waals surface area (Å²) in [7, 11) is 1.70. The minimum absolute atomic E-state index is 0.344. The van der Waals surface area contributed by atoms with Gasteiger partial charge < -0.3 is 10.4 Å². The standard InChI is InChI=1S/C12H16N2O2/c1-13-11-10(12(15)16)9(6-7-14-11)8-4-2-3-5-8/h6-8H,2-5H2,1H3,(H,13,14)(H,15,16). The van der Waals surface area contributed by atoms with Crippen LogP contribution in [0.4, 0.5) is 5.82 Å². The normalized spacial score (nSPS) is 16.3. The van der Waals surface area contributed by atoms with Crippen molar-refractivity contribution in [3.63, 3.8) is 0 Å². The fraction of sp³-hybridized carbons (Fsp3) is 0.500. The van der Waals surface area contributed by atoms with Crippen molar-refractivity contribution in [2.24, 2.45) is 0 Å². The van der Waals surface area contributed by atoms with Crippen LogP contribution < -0.4 is 5.32 Å². The third-order valence-electron chi connectivity index (χ3n) is 3.23. The highest BCUT2D eigenvalue weighted by molar-refractivity contribution is 5.95. The first kappa shape index (κ1) is 10.9. The molecule has 1 heterocycles. The van der Waals surface area contributed by atoms with Crippen molar-refractivity contribution in [2.75, 3.05) is 12.4 Å². The van der Waals surface area contributed by atoms with Crippen LogP contribution in [0.5, 0.6) is 0 Å². The first-order chi connectivity index (χ1) is 7.74. The smallest absolute Gasteiger partial charge is 0.339 e. The van der Waals surface area contributed by atoms with E-state index in [0.29, 0.717) is 17.3 Å². The summed E-state index contributed by atoms with van der Waals surface area (Å²) in [6.45, 7) is 0. The fourth-order valence-electron chi connectivity index (χ4n) is 2.47. The van der Waals surface area contributed by atoms with Gasteiger partial charge in [-0.3, -0.25) is 0 Å². The van der Waals surface area contributed by atoms with Crippen LogP contribution in [-0.2, 0) is 0 Å². The Hall–Kier alpha value is -1.58. The van der Waals surface area contributed by atoms with Crippen LogP contribution >= 0.6 is 0 Å². The van der Waals surface area contributed by atoms with E-state index in [9.17, 15) is 9.90 Å². The summed E-state index contributed by atoms with van der Waals surface area (Å²) in [6, 6.07) is 1.85. The minimum Gasteiger partial charge on any atom is -0.478 e. The summed E-state index contributed by atoms with van der Waals surface area (Å²) < 4.78 is 0. The molecule has 86 valence electrons. The molecule has 2 N–H and O–H groups in total. The van der Waals surface area contributed by atoms with Crippen LogP contribution in [0.15, 0.2) is 12.3 Å². The van der Waals surface area contributed by atoms with Crippen LogP contribution in [0, 0.1) is 0 Å². The second-order valence-corrected chi connectivity index (χ2v) is 4.16. The van der Waals surface area contributed by atoms with Gasteiger partial charge in [0.25, 0.3) is 0 Å². The summed E-state index contributed by atoms with van der Waals surface area (Å²) in [5.41, 5.74) is 1.28. The summed E-state index contributed by atoms with van der Waals surface area (Å²) >= 11 is 0. The van der Waals surface area contributed by atoms with E-state index in [2.05, 4.69) is 10.3 Å². The number of pyridine rings is 1. The van der Waals surface area contributed by atoms with Crippen molar-refractivity contribution in [3.8, 4) is 0 Å². The number of carbonyl (C=O) groups is 1. The van der Waals surface area contributed by atoms with Gasteiger partial charge in [-0.15, -0.1) is 0 Å². The minimum atomic E-state index is -0.889. The van der Waals surface area contributed by atoms with Crippen molar-refractivity contribution < 1.29 is 9.90 Å². The molecule has 1 fully saturated rings. The molecule has 0 atom stereocenters. The van der Waals surface area contributed by atoms with Gasteiger partial charge in [0.05, 0.1) is 0 Å². The summed E-state index contributed by atoms with van der Waals surface area (Å²) in [6.07, 6.45) is 6.26. The van der Waals surface area contributed by atoms with Crippen molar-refractivity contribution in [3.05, 3.63) is 23.4 Å². The molecule has 0 aromatic carbocycles. The van der Waals surface area contributed by atoms with Crippen molar-refractivity contribution in [1.29, 1.82) is 0 Å². The van der Waals surface area contributed by atoms with Crippen molar-refractivity contribution in [1.82, 2.24) is 4.98 Å². The molecule has 0 saturated heterocycles. The molecule has 4 heteroatoms. The van der Waals surface area contributed by atoms with Gasteiger partial charge in [0.2, 0.25) is 0 Å². The number of anilines is 1. The molecular formula is C12H16N2O2. The van der Waals surface area contributed by atoms with Crippen LogP contribution in [0.2, 0.25) is 0 Å². The molecule has 16 heavy (non-hydrogen) atoms. The van der Waals surface area contributed by atoms with Crippen LogP contribution in [0.25, 0.3) is 0 Å². The Balaban J connectivity index is 2.46. The van der Waals surface area contributed by atoms with Gasteiger partial charge in [-0.05, 0) is 30.4 Å². The zero-order valence-corrected chi connectivity index (χ0v) is 9.36. The van der Waals surface area contributed by atoms with E-state index in [-0.39, 0.29) is 0 Å². The first-order valence-electron chi connectivity index (χ1n) is 5.64. The lowest BCUT2D eigenvalue weighted by Gasteiger charge is -2.15. The van der Waals surface area contributed by atoms with E-state index in [0.717, 1.165) is 18.4 Å². The monoisotopic (exact) mass is 220 g/mol. The predicted octanol–water partition coefficient (Wildman–Crippen LogP) is 2.48. The second-order valence-electron chi connectivity index (χ2n) is 4.16. The number of nitrogens with zero attached hydrogens (tertiary/aromatic N) is 1. The lowest BCUT2D eigenvalue weighted by Crippen LogP contribution is -2.10. The van der Waals surface area contributed by atoms with Gasteiger partial charge in [-0.25, -0.2) is 9.78 Å². The molecule has 1 aliphatic rings. The van der Waals surface area contributed by atoms with Crippen molar-refractivity contribution in [2.45, 2.75) is 31.6 Å². The largest absolute Gasteiger partial charge is 0.478 e. The molecule has 0 bridgehead atoms. The molecule has 1 saturated carbocycles. The number of rotatable bonds is 3. The summed E-state index contributed by atoms with van der Waals surface area (Å²) in [5.74, 6) is -0.0301. The molecule has 1 aromatic heterocycles. The SMILES string of the molecule is CNc1nccc(C2CCCC2)c1C(=O)O. The third-order valence-corrected chi connectivity index (χ3v) is 3.23. The van der Waals surface area contributed by atoms with Gasteiger partial charge >= 0.3 is 5.97 Å². The number of nitrogens with one attached hydrogen (secondary N) is 1. The highest BCUT2D eigenvalue weighted by atomic mass is 16.4. The lowest BCUT2D eigenvalue weighted by atomic mass is 9.94. The average molecular weight is 220 g/mol. The quantitative estimate of drug-likeness (QED) is 0.821. The van der Waals surface area contributed by atoms with Crippen molar-refractivity contribution >= 4 is 11.8 Å². The Morgan fingerprint density at radius 2 is 2.19 bits per heavy atom. The van der Waals surface area contributed by atoms with Gasteiger partial charge in [-0.1, -0.05) is 12.8 Å². The Labute approximate surface area is 94.7 Å². The van der Waals surface area contributed by atoms with Crippen LogP contribution in [0.1, 0.15) is 47.5 Å². The molecule has 4 nitrogen and oxygen atoms in total. The third kappa shape index (κ3) is 1.87. The highest BCUT2D eigenvalue weighted by Crippen LogP contribution is 2.37. The van der Waals surface area contributed by atoms with E-state index < -0.39 is 5.97 Å². The Morgan fingerprint density at radius 3 is 2.75 bits per heavy atom. The van der Waals surface area contributed by atoms with Gasteiger partial charge in [-0.2, -0.15) is 0 Å². The second kappa shape index (κ2) is 4.51. The van der Waals surface area contributed by atoms with E-state index in [4.69, 9.17) is 0 Å². The van der Waals surface area contributed by atoms with E-state index >= 15 is 0 Å². The maximum absolute atomic E-state index is 11.3. The zero-order valence-electron chi connectivity index (χ0n) is 9.36. The van der Waals surface area contributed by atoms with Gasteiger partial charge in [0, 0.05) is 13.2 Å². The number of hydrogen-bond acceptors (Lipinski definition) is 3. The molecule has 0 amide bonds. The van der Waals surface area contributed by atoms with Gasteiger partial charge in [0.15, 0.2) is 0 Å². The fourth-order valence-corrected chi connectivity index (χ4v) is 2.47. The van der Waals surface area contributed by atoms with Crippen LogP contribution in [-0.4, -0.2) is 23.1 Å². The maximum atomic E-state index is 11.3. The topological polar surface area (TPSA) is 62.2 Å². The lowest BCUT2D eigenvalue weighted by molar-refractivity contribution is 0.0696. The predicted molar refractivity (Wildman–Crippen MR) is 62.0 cm³/mol. The number of aromatic carboxylic acids is 1. The molecule has 0 unspecified atom stereocenters. The van der Waals surface area contributed by atoms with Crippen LogP contribution in [0.3, 0.4) is 0 Å². The first-order valence-corrected chi connectivity index (χ1v) is 5.64. The Kier molecular flexibility index (Phi) is 3.08. The maximum Gasteiger partial charge on any atom is 0.339 e. The Bertz CT molecular complexity index is 398.